The Morgan fingerprint density at radius 2 is 1.78 bits per heavy atom. The quantitative estimate of drug-likeness (QED) is 0.355. The van der Waals surface area contributed by atoms with Gasteiger partial charge in [0.15, 0.2) is 0 Å². The molecular weight excluding hydrogens is 448 g/mol. The molecule has 0 spiro atoms. The highest BCUT2D eigenvalue weighted by Crippen LogP contribution is 2.23. The number of pyridine rings is 1. The molecule has 1 amide bonds. The van der Waals surface area contributed by atoms with Crippen molar-refractivity contribution < 1.29 is 4.79 Å². The first kappa shape index (κ1) is 23.4. The Bertz CT molecular complexity index is 1480. The third-order valence-electron chi connectivity index (χ3n) is 6.12. The number of hydrogen-bond acceptors (Lipinski definition) is 5. The summed E-state index contributed by atoms with van der Waals surface area (Å²) in [5.41, 5.74) is 4.36. The maximum atomic E-state index is 13.4. The van der Waals surface area contributed by atoms with E-state index in [1.165, 1.54) is 0 Å². The summed E-state index contributed by atoms with van der Waals surface area (Å²) in [6.45, 7) is 1.14. The largest absolute Gasteiger partial charge is 0.344 e. The number of aromatic nitrogens is 4. The molecule has 7 nitrogen and oxygen atoms in total. The number of nitrogens with zero attached hydrogens (tertiary/aromatic N) is 5. The molecule has 2 heterocycles. The Balaban J connectivity index is 1.36. The maximum absolute atomic E-state index is 13.4. The zero-order chi connectivity index (χ0) is 24.9. The molecule has 0 saturated heterocycles. The molecule has 0 bridgehead atoms. The van der Waals surface area contributed by atoms with Crippen LogP contribution in [0.15, 0.2) is 97.5 Å². The summed E-state index contributed by atoms with van der Waals surface area (Å²) in [5.74, 6) is -0.107. The molecule has 0 fully saturated rings. The lowest BCUT2D eigenvalue weighted by Crippen LogP contribution is -2.35. The van der Waals surface area contributed by atoms with E-state index in [0.29, 0.717) is 18.7 Å². The molecule has 5 aromatic rings. The van der Waals surface area contributed by atoms with E-state index in [4.69, 9.17) is 0 Å². The van der Waals surface area contributed by atoms with Crippen LogP contribution in [0.5, 0.6) is 0 Å². The highest BCUT2D eigenvalue weighted by Gasteiger charge is 2.19. The standard InChI is InChI=1S/C29H28N6O/c1-34(2)19-27(21-8-4-3-5-9-21)31-29(36)26-11-7-6-10-25(26)18-35-20-28(32-33-35)23-12-13-24-17-30-15-14-22(24)16-23/h3-17,20,27H,18-19H2,1-2H3,(H,31,36)/t27-/m1/s1. The fourth-order valence-electron chi connectivity index (χ4n) is 4.33. The number of carbonyl (C=O) groups is 1. The molecule has 3 aromatic carbocycles. The fraction of sp³-hybridized carbons (Fsp3) is 0.172. The number of carbonyl (C=O) groups excluding carboxylic acids is 1. The van der Waals surface area contributed by atoms with Gasteiger partial charge in [0.05, 0.1) is 18.8 Å². The summed E-state index contributed by atoms with van der Waals surface area (Å²) in [4.78, 5) is 19.6. The Kier molecular flexibility index (Phi) is 6.82. The molecule has 0 radical (unpaired) electrons. The first-order chi connectivity index (χ1) is 17.6. The normalized spacial score (nSPS) is 12.1. The maximum Gasteiger partial charge on any atom is 0.252 e. The Labute approximate surface area is 210 Å². The molecule has 2 aromatic heterocycles. The molecule has 5 rings (SSSR count). The average Bonchev–Trinajstić information content (AvgIpc) is 3.37. The van der Waals surface area contributed by atoms with Crippen molar-refractivity contribution in [2.75, 3.05) is 20.6 Å². The summed E-state index contributed by atoms with van der Waals surface area (Å²) >= 11 is 0. The summed E-state index contributed by atoms with van der Waals surface area (Å²) in [6.07, 6.45) is 5.54. The number of nitrogens with one attached hydrogen (secondary N) is 1. The Morgan fingerprint density at radius 3 is 2.61 bits per heavy atom. The number of hydrogen-bond donors (Lipinski definition) is 1. The SMILES string of the molecule is CN(C)C[C@@H](NC(=O)c1ccccc1Cn1cc(-c2ccc3cnccc3c2)nn1)c1ccccc1. The Morgan fingerprint density at radius 1 is 0.972 bits per heavy atom. The van der Waals surface area contributed by atoms with Crippen molar-refractivity contribution in [2.24, 2.45) is 0 Å². The van der Waals surface area contributed by atoms with Gasteiger partial charge in [-0.2, -0.15) is 0 Å². The van der Waals surface area contributed by atoms with Crippen molar-refractivity contribution in [3.63, 3.8) is 0 Å². The van der Waals surface area contributed by atoms with Crippen molar-refractivity contribution in [2.45, 2.75) is 12.6 Å². The van der Waals surface area contributed by atoms with E-state index in [1.807, 2.05) is 99.3 Å². The van der Waals surface area contributed by atoms with Gasteiger partial charge in [0.2, 0.25) is 0 Å². The average molecular weight is 477 g/mol. The molecule has 0 aliphatic rings. The molecule has 0 aliphatic heterocycles. The monoisotopic (exact) mass is 476 g/mol. The number of benzene rings is 3. The molecule has 0 unspecified atom stereocenters. The zero-order valence-electron chi connectivity index (χ0n) is 20.4. The number of fused-ring (bicyclic) bond motifs is 1. The van der Waals surface area contributed by atoms with E-state index >= 15 is 0 Å². The predicted octanol–water partition coefficient (Wildman–Crippen LogP) is 4.57. The second kappa shape index (κ2) is 10.5. The number of amides is 1. The third kappa shape index (κ3) is 5.31. The minimum absolute atomic E-state index is 0.107. The second-order valence-corrected chi connectivity index (χ2v) is 9.10. The summed E-state index contributed by atoms with van der Waals surface area (Å²) in [5, 5.41) is 14.1. The minimum Gasteiger partial charge on any atom is -0.344 e. The third-order valence-corrected chi connectivity index (χ3v) is 6.12. The summed E-state index contributed by atoms with van der Waals surface area (Å²) in [6, 6.07) is 25.7. The van der Waals surface area contributed by atoms with Crippen LogP contribution >= 0.6 is 0 Å². The van der Waals surface area contributed by atoms with Crippen molar-refractivity contribution in [3.05, 3.63) is 114 Å². The van der Waals surface area contributed by atoms with Gasteiger partial charge in [-0.3, -0.25) is 9.78 Å². The van der Waals surface area contributed by atoms with Crippen LogP contribution in [0.3, 0.4) is 0 Å². The highest BCUT2D eigenvalue weighted by atomic mass is 16.1. The van der Waals surface area contributed by atoms with Crippen molar-refractivity contribution >= 4 is 16.7 Å². The number of likely N-dealkylation sites (N-methyl/N-ethyl adjacent to an activating group) is 1. The molecule has 7 heteroatoms. The van der Waals surface area contributed by atoms with Crippen molar-refractivity contribution in [1.82, 2.24) is 30.2 Å². The van der Waals surface area contributed by atoms with Crippen molar-refractivity contribution in [1.29, 1.82) is 0 Å². The van der Waals surface area contributed by atoms with Gasteiger partial charge in [-0.15, -0.1) is 5.10 Å². The van der Waals surface area contributed by atoms with Crippen LogP contribution in [-0.4, -0.2) is 51.4 Å². The van der Waals surface area contributed by atoms with E-state index < -0.39 is 0 Å². The molecule has 0 aliphatic carbocycles. The van der Waals surface area contributed by atoms with Gasteiger partial charge in [0, 0.05) is 35.5 Å². The van der Waals surface area contributed by atoms with Gasteiger partial charge in [0.1, 0.15) is 5.69 Å². The minimum atomic E-state index is -0.122. The van der Waals surface area contributed by atoms with Gasteiger partial charge in [0.25, 0.3) is 5.91 Å². The van der Waals surface area contributed by atoms with Crippen LogP contribution in [-0.2, 0) is 6.54 Å². The van der Waals surface area contributed by atoms with E-state index in [9.17, 15) is 4.79 Å². The predicted molar refractivity (Wildman–Crippen MR) is 142 cm³/mol. The van der Waals surface area contributed by atoms with Gasteiger partial charge >= 0.3 is 0 Å². The number of rotatable bonds is 8. The van der Waals surface area contributed by atoms with E-state index in [1.54, 1.807) is 10.9 Å². The lowest BCUT2D eigenvalue weighted by molar-refractivity contribution is 0.0929. The lowest BCUT2D eigenvalue weighted by Gasteiger charge is -2.23. The lowest BCUT2D eigenvalue weighted by atomic mass is 10.0. The molecule has 1 N–H and O–H groups in total. The second-order valence-electron chi connectivity index (χ2n) is 9.10. The molecule has 36 heavy (non-hydrogen) atoms. The first-order valence-corrected chi connectivity index (χ1v) is 11.9. The molecule has 0 saturated carbocycles. The summed E-state index contributed by atoms with van der Waals surface area (Å²) < 4.78 is 1.77. The fourth-order valence-corrected chi connectivity index (χ4v) is 4.33. The van der Waals surface area contributed by atoms with Crippen LogP contribution in [0.1, 0.15) is 27.5 Å². The first-order valence-electron chi connectivity index (χ1n) is 11.9. The van der Waals surface area contributed by atoms with Crippen LogP contribution in [0.25, 0.3) is 22.0 Å². The van der Waals surface area contributed by atoms with Crippen LogP contribution in [0.4, 0.5) is 0 Å². The Hall–Kier alpha value is -4.36. The van der Waals surface area contributed by atoms with Crippen LogP contribution in [0, 0.1) is 0 Å². The van der Waals surface area contributed by atoms with Gasteiger partial charge < -0.3 is 10.2 Å². The molecular formula is C29H28N6O. The van der Waals surface area contributed by atoms with Gasteiger partial charge in [-0.05, 0) is 48.8 Å². The van der Waals surface area contributed by atoms with Crippen molar-refractivity contribution in [3.8, 4) is 11.3 Å². The molecule has 1 atom stereocenters. The van der Waals surface area contributed by atoms with Crippen LogP contribution in [0.2, 0.25) is 0 Å². The van der Waals surface area contributed by atoms with E-state index in [2.05, 4.69) is 31.6 Å². The van der Waals surface area contributed by atoms with Gasteiger partial charge in [-0.25, -0.2) is 4.68 Å². The molecule has 180 valence electrons. The smallest absolute Gasteiger partial charge is 0.252 e. The highest BCUT2D eigenvalue weighted by molar-refractivity contribution is 5.96. The summed E-state index contributed by atoms with van der Waals surface area (Å²) in [7, 11) is 4.01. The zero-order valence-corrected chi connectivity index (χ0v) is 20.4. The van der Waals surface area contributed by atoms with E-state index in [0.717, 1.165) is 33.2 Å². The van der Waals surface area contributed by atoms with E-state index in [-0.39, 0.29) is 11.9 Å². The topological polar surface area (TPSA) is 75.9 Å². The van der Waals surface area contributed by atoms with Crippen LogP contribution < -0.4 is 5.32 Å². The van der Waals surface area contributed by atoms with Gasteiger partial charge in [-0.1, -0.05) is 65.9 Å².